The second kappa shape index (κ2) is 5.30. The maximum absolute atomic E-state index is 14.1. The van der Waals surface area contributed by atoms with Crippen LogP contribution < -0.4 is 0 Å². The zero-order valence-electron chi connectivity index (χ0n) is 11.6. The van der Waals surface area contributed by atoms with Crippen molar-refractivity contribution >= 4 is 27.4 Å². The Balaban J connectivity index is 2.25. The van der Waals surface area contributed by atoms with E-state index >= 15 is 0 Å². The number of ether oxygens (including phenoxy) is 1. The Morgan fingerprint density at radius 2 is 1.95 bits per heavy atom. The molecule has 2 nitrogen and oxygen atoms in total. The Labute approximate surface area is 125 Å². The molecule has 0 atom stereocenters. The van der Waals surface area contributed by atoms with Crippen molar-refractivity contribution in [3.8, 4) is 11.1 Å². The van der Waals surface area contributed by atoms with Gasteiger partial charge in [-0.25, -0.2) is 9.18 Å². The summed E-state index contributed by atoms with van der Waals surface area (Å²) in [4.78, 5) is 12.2. The normalized spacial score (nSPS) is 10.8. The molecule has 21 heavy (non-hydrogen) atoms. The van der Waals surface area contributed by atoms with Crippen LogP contribution in [0, 0.1) is 12.7 Å². The molecular weight excluding hydrogens is 287 g/mol. The molecule has 0 amide bonds. The summed E-state index contributed by atoms with van der Waals surface area (Å²) in [5, 5.41) is 0.868. The number of rotatable bonds is 2. The van der Waals surface area contributed by atoms with E-state index in [-0.39, 0.29) is 11.8 Å². The Morgan fingerprint density at radius 3 is 2.71 bits per heavy atom. The molecule has 0 N–H and O–H groups in total. The van der Waals surface area contributed by atoms with Crippen LogP contribution in [-0.4, -0.2) is 13.1 Å². The summed E-state index contributed by atoms with van der Waals surface area (Å²) in [6.07, 6.45) is 0. The fourth-order valence-electron chi connectivity index (χ4n) is 2.34. The van der Waals surface area contributed by atoms with E-state index in [2.05, 4.69) is 0 Å². The maximum Gasteiger partial charge on any atom is 0.348 e. The standard InChI is InChI=1S/C17H13FO2S/c1-10-6-7-14(18)12(8-10)11-4-3-5-15-13(11)9-16(21-15)17(19)20-2/h3-9H,1-2H3. The molecule has 0 aliphatic carbocycles. The number of methoxy groups -OCH3 is 1. The van der Waals surface area contributed by atoms with Gasteiger partial charge in [-0.3, -0.25) is 0 Å². The second-order valence-corrected chi connectivity index (χ2v) is 5.89. The average Bonchev–Trinajstić information content (AvgIpc) is 2.93. The second-order valence-electron chi connectivity index (χ2n) is 4.80. The van der Waals surface area contributed by atoms with Crippen molar-refractivity contribution < 1.29 is 13.9 Å². The topological polar surface area (TPSA) is 26.3 Å². The van der Waals surface area contributed by atoms with E-state index < -0.39 is 0 Å². The third kappa shape index (κ3) is 2.43. The summed E-state index contributed by atoms with van der Waals surface area (Å²) in [7, 11) is 1.36. The van der Waals surface area contributed by atoms with Gasteiger partial charge in [0, 0.05) is 15.6 Å². The van der Waals surface area contributed by atoms with Gasteiger partial charge in [0.1, 0.15) is 10.7 Å². The molecule has 0 radical (unpaired) electrons. The van der Waals surface area contributed by atoms with Crippen LogP contribution in [0.2, 0.25) is 0 Å². The molecule has 2 aromatic carbocycles. The molecule has 0 spiro atoms. The number of carbonyl (C=O) groups is 1. The van der Waals surface area contributed by atoms with Crippen LogP contribution in [0.4, 0.5) is 4.39 Å². The molecule has 0 fully saturated rings. The van der Waals surface area contributed by atoms with Gasteiger partial charge in [0.15, 0.2) is 0 Å². The molecule has 4 heteroatoms. The van der Waals surface area contributed by atoms with E-state index in [4.69, 9.17) is 4.74 Å². The van der Waals surface area contributed by atoms with E-state index in [1.165, 1.54) is 24.5 Å². The first kappa shape index (κ1) is 13.8. The minimum Gasteiger partial charge on any atom is -0.465 e. The predicted octanol–water partition coefficient (Wildman–Crippen LogP) is 4.80. The third-order valence-corrected chi connectivity index (χ3v) is 4.44. The lowest BCUT2D eigenvalue weighted by Crippen LogP contribution is -1.96. The van der Waals surface area contributed by atoms with Crippen molar-refractivity contribution in [1.82, 2.24) is 0 Å². The maximum atomic E-state index is 14.1. The van der Waals surface area contributed by atoms with Crippen LogP contribution in [-0.2, 0) is 4.74 Å². The number of hydrogen-bond acceptors (Lipinski definition) is 3. The molecular formula is C17H13FO2S. The van der Waals surface area contributed by atoms with E-state index in [9.17, 15) is 9.18 Å². The summed E-state index contributed by atoms with van der Waals surface area (Å²) >= 11 is 1.35. The van der Waals surface area contributed by atoms with Crippen molar-refractivity contribution in [1.29, 1.82) is 0 Å². The van der Waals surface area contributed by atoms with Crippen molar-refractivity contribution in [3.63, 3.8) is 0 Å². The fraction of sp³-hybridized carbons (Fsp3) is 0.118. The highest BCUT2D eigenvalue weighted by molar-refractivity contribution is 7.20. The minimum absolute atomic E-state index is 0.265. The van der Waals surface area contributed by atoms with Crippen LogP contribution in [0.1, 0.15) is 15.2 Å². The minimum atomic E-state index is -0.369. The molecule has 1 heterocycles. The van der Waals surface area contributed by atoms with Crippen molar-refractivity contribution in [2.75, 3.05) is 7.11 Å². The number of benzene rings is 2. The molecule has 0 aliphatic heterocycles. The number of thiophene rings is 1. The smallest absolute Gasteiger partial charge is 0.348 e. The van der Waals surface area contributed by atoms with Crippen LogP contribution in [0.5, 0.6) is 0 Å². The van der Waals surface area contributed by atoms with Gasteiger partial charge >= 0.3 is 5.97 Å². The molecule has 0 aliphatic rings. The third-order valence-electron chi connectivity index (χ3n) is 3.36. The number of aryl methyl sites for hydroxylation is 1. The van der Waals surface area contributed by atoms with Crippen molar-refractivity contribution in [2.45, 2.75) is 6.92 Å². The monoisotopic (exact) mass is 300 g/mol. The number of fused-ring (bicyclic) bond motifs is 1. The number of esters is 1. The first-order chi connectivity index (χ1) is 10.1. The first-order valence-corrected chi connectivity index (χ1v) is 7.29. The molecule has 0 saturated heterocycles. The van der Waals surface area contributed by atoms with Crippen LogP contribution in [0.25, 0.3) is 21.2 Å². The zero-order valence-corrected chi connectivity index (χ0v) is 12.5. The lowest BCUT2D eigenvalue weighted by Gasteiger charge is -2.06. The van der Waals surface area contributed by atoms with E-state index in [0.717, 1.165) is 21.2 Å². The van der Waals surface area contributed by atoms with Crippen molar-refractivity contribution in [3.05, 3.63) is 58.7 Å². The largest absolute Gasteiger partial charge is 0.465 e. The zero-order chi connectivity index (χ0) is 15.0. The number of halogens is 1. The summed E-state index contributed by atoms with van der Waals surface area (Å²) in [5.41, 5.74) is 2.33. The summed E-state index contributed by atoms with van der Waals surface area (Å²) in [5.74, 6) is -0.634. The SMILES string of the molecule is COC(=O)c1cc2c(-c3cc(C)ccc3F)cccc2s1. The predicted molar refractivity (Wildman–Crippen MR) is 83.3 cm³/mol. The van der Waals surface area contributed by atoms with Crippen molar-refractivity contribution in [2.24, 2.45) is 0 Å². The fourth-order valence-corrected chi connectivity index (χ4v) is 3.35. The quantitative estimate of drug-likeness (QED) is 0.635. The Bertz CT molecular complexity index is 836. The van der Waals surface area contributed by atoms with Gasteiger partial charge in [0.25, 0.3) is 0 Å². The first-order valence-electron chi connectivity index (χ1n) is 6.47. The summed E-state index contributed by atoms with van der Waals surface area (Å²) in [6, 6.07) is 12.5. The Hall–Kier alpha value is -2.20. The van der Waals surface area contributed by atoms with Gasteiger partial charge in [-0.05, 0) is 36.8 Å². The molecule has 3 aromatic rings. The van der Waals surface area contributed by atoms with Gasteiger partial charge in [0.2, 0.25) is 0 Å². The van der Waals surface area contributed by atoms with E-state index in [1.54, 1.807) is 12.1 Å². The lowest BCUT2D eigenvalue weighted by molar-refractivity contribution is 0.0606. The highest BCUT2D eigenvalue weighted by Gasteiger charge is 2.15. The molecule has 0 bridgehead atoms. The molecule has 106 valence electrons. The summed E-state index contributed by atoms with van der Waals surface area (Å²) in [6.45, 7) is 1.93. The number of carbonyl (C=O) groups excluding carboxylic acids is 1. The van der Waals surface area contributed by atoms with Crippen LogP contribution in [0.3, 0.4) is 0 Å². The Morgan fingerprint density at radius 1 is 1.14 bits per heavy atom. The highest BCUT2D eigenvalue weighted by Crippen LogP contribution is 2.35. The van der Waals surface area contributed by atoms with Gasteiger partial charge in [-0.15, -0.1) is 11.3 Å². The van der Waals surface area contributed by atoms with E-state index in [0.29, 0.717) is 10.4 Å². The Kier molecular flexibility index (Phi) is 3.47. The molecule has 0 saturated carbocycles. The van der Waals surface area contributed by atoms with E-state index in [1.807, 2.05) is 31.2 Å². The summed E-state index contributed by atoms with van der Waals surface area (Å²) < 4.78 is 19.8. The van der Waals surface area contributed by atoms with Gasteiger partial charge in [0.05, 0.1) is 7.11 Å². The molecule has 1 aromatic heterocycles. The molecule has 0 unspecified atom stereocenters. The average molecular weight is 300 g/mol. The van der Waals surface area contributed by atoms with Gasteiger partial charge < -0.3 is 4.74 Å². The van der Waals surface area contributed by atoms with Crippen LogP contribution >= 0.6 is 11.3 Å². The highest BCUT2D eigenvalue weighted by atomic mass is 32.1. The number of hydrogen-bond donors (Lipinski definition) is 0. The molecule has 3 rings (SSSR count). The van der Waals surface area contributed by atoms with Gasteiger partial charge in [-0.1, -0.05) is 23.8 Å². The lowest BCUT2D eigenvalue weighted by atomic mass is 9.99. The van der Waals surface area contributed by atoms with Gasteiger partial charge in [-0.2, -0.15) is 0 Å². The van der Waals surface area contributed by atoms with Crippen LogP contribution in [0.15, 0.2) is 42.5 Å².